The lowest BCUT2D eigenvalue weighted by Gasteiger charge is -2.38. The average Bonchev–Trinajstić information content (AvgIpc) is 2.25. The molecule has 0 saturated heterocycles. The number of aromatic nitrogens is 1. The lowest BCUT2D eigenvalue weighted by atomic mass is 9.75. The molecule has 4 nitrogen and oxygen atoms in total. The van der Waals surface area contributed by atoms with E-state index in [1.54, 1.807) is 0 Å². The van der Waals surface area contributed by atoms with Gasteiger partial charge in [0, 0.05) is 11.7 Å². The summed E-state index contributed by atoms with van der Waals surface area (Å²) in [6, 6.07) is 2.36. The fourth-order valence-electron chi connectivity index (χ4n) is 1.34. The lowest BCUT2D eigenvalue weighted by molar-refractivity contribution is -0.140. The minimum absolute atomic E-state index is 0.489. The second-order valence-corrected chi connectivity index (χ2v) is 5.48. The molecule has 0 amide bonds. The van der Waals surface area contributed by atoms with Gasteiger partial charge in [0.15, 0.2) is 0 Å². The van der Waals surface area contributed by atoms with Gasteiger partial charge in [-0.25, -0.2) is 0 Å². The monoisotopic (exact) mass is 291 g/mol. The minimum atomic E-state index is -4.69. The zero-order valence-corrected chi connectivity index (χ0v) is 11.7. The first-order valence-electron chi connectivity index (χ1n) is 5.96. The molecule has 0 fully saturated rings. The van der Waals surface area contributed by atoms with E-state index in [1.807, 2.05) is 0 Å². The summed E-state index contributed by atoms with van der Waals surface area (Å²) in [4.78, 5) is 3.24. The third-order valence-electron chi connectivity index (χ3n) is 3.25. The highest BCUT2D eigenvalue weighted by Gasteiger charge is 2.43. The lowest BCUT2D eigenvalue weighted by Crippen LogP contribution is -2.54. The largest absolute Gasteiger partial charge is 0.493 e. The molecule has 0 radical (unpaired) electrons. The van der Waals surface area contributed by atoms with Gasteiger partial charge in [-0.05, 0) is 33.8 Å². The Balaban J connectivity index is 3.09. The van der Waals surface area contributed by atoms with Crippen LogP contribution in [0.1, 0.15) is 33.4 Å². The molecule has 0 unspecified atom stereocenters. The highest BCUT2D eigenvalue weighted by atomic mass is 19.4. The van der Waals surface area contributed by atoms with Gasteiger partial charge in [0.2, 0.25) is 0 Å². The molecule has 0 aliphatic heterocycles. The maximum Gasteiger partial charge on any atom is 0.493 e. The Morgan fingerprint density at radius 2 is 1.75 bits per heavy atom. The van der Waals surface area contributed by atoms with Crippen LogP contribution in [-0.4, -0.2) is 33.4 Å². The molecule has 0 aliphatic carbocycles. The van der Waals surface area contributed by atoms with Gasteiger partial charge in [-0.2, -0.15) is 13.2 Å². The molecule has 0 atom stereocenters. The number of hydrogen-bond donors (Lipinski definition) is 2. The van der Waals surface area contributed by atoms with Crippen molar-refractivity contribution in [3.63, 3.8) is 0 Å². The number of nitrogens with zero attached hydrogens (tertiary/aromatic N) is 1. The Bertz CT molecular complexity index is 472. The molecule has 1 rings (SSSR count). The van der Waals surface area contributed by atoms with E-state index < -0.39 is 35.7 Å². The van der Waals surface area contributed by atoms with Crippen LogP contribution in [0.3, 0.4) is 0 Å². The number of hydrogen-bond acceptors (Lipinski definition) is 4. The van der Waals surface area contributed by atoms with Crippen molar-refractivity contribution in [2.75, 3.05) is 0 Å². The van der Waals surface area contributed by atoms with Gasteiger partial charge in [0.1, 0.15) is 5.69 Å². The normalized spacial score (nSPS) is 13.4. The summed E-state index contributed by atoms with van der Waals surface area (Å²) in [5, 5.41) is 19.8. The summed E-state index contributed by atoms with van der Waals surface area (Å²) in [5.74, 6) is 0. The van der Waals surface area contributed by atoms with Crippen molar-refractivity contribution < 1.29 is 28.0 Å². The standard InChI is InChI=1S/C12H17BF3NO3/c1-10(2,18)11(3,4)20-13(19)8-6-5-7-17-9(8)12(14,15)16/h5-7,18-19H,1-4H3. The zero-order chi connectivity index (χ0) is 15.8. The summed E-state index contributed by atoms with van der Waals surface area (Å²) in [7, 11) is -1.85. The first-order chi connectivity index (χ1) is 8.86. The Kier molecular flexibility index (Phi) is 4.53. The summed E-state index contributed by atoms with van der Waals surface area (Å²) < 4.78 is 43.6. The van der Waals surface area contributed by atoms with Crippen molar-refractivity contribution in [2.24, 2.45) is 0 Å². The van der Waals surface area contributed by atoms with Crippen LogP contribution >= 0.6 is 0 Å². The van der Waals surface area contributed by atoms with E-state index in [0.29, 0.717) is 0 Å². The first-order valence-corrected chi connectivity index (χ1v) is 5.96. The van der Waals surface area contributed by atoms with Gasteiger partial charge >= 0.3 is 13.3 Å². The Hall–Kier alpha value is -1.12. The van der Waals surface area contributed by atoms with Crippen LogP contribution in [0.15, 0.2) is 18.3 Å². The van der Waals surface area contributed by atoms with Crippen molar-refractivity contribution in [3.8, 4) is 0 Å². The van der Waals surface area contributed by atoms with Crippen LogP contribution < -0.4 is 5.46 Å². The third kappa shape index (κ3) is 3.71. The van der Waals surface area contributed by atoms with Gasteiger partial charge in [-0.1, -0.05) is 6.07 Å². The smallest absolute Gasteiger partial charge is 0.423 e. The molecule has 112 valence electrons. The van der Waals surface area contributed by atoms with Crippen molar-refractivity contribution in [3.05, 3.63) is 24.0 Å². The predicted molar refractivity (Wildman–Crippen MR) is 68.3 cm³/mol. The molecule has 1 aromatic heterocycles. The summed E-state index contributed by atoms with van der Waals surface area (Å²) in [6.45, 7) is 5.82. The molecule has 0 aromatic carbocycles. The van der Waals surface area contributed by atoms with E-state index in [9.17, 15) is 23.3 Å². The van der Waals surface area contributed by atoms with E-state index in [-0.39, 0.29) is 0 Å². The molecular formula is C12H17BF3NO3. The maximum absolute atomic E-state index is 12.8. The van der Waals surface area contributed by atoms with Crippen LogP contribution in [0.25, 0.3) is 0 Å². The summed E-state index contributed by atoms with van der Waals surface area (Å²) in [5.41, 5.74) is -4.31. The van der Waals surface area contributed by atoms with Gasteiger partial charge in [0.05, 0.1) is 11.2 Å². The number of pyridine rings is 1. The fourth-order valence-corrected chi connectivity index (χ4v) is 1.34. The third-order valence-corrected chi connectivity index (χ3v) is 3.25. The van der Waals surface area contributed by atoms with Crippen LogP contribution in [-0.2, 0) is 10.8 Å². The van der Waals surface area contributed by atoms with Crippen LogP contribution in [0.2, 0.25) is 0 Å². The molecule has 0 spiro atoms. The van der Waals surface area contributed by atoms with Crippen LogP contribution in [0.4, 0.5) is 13.2 Å². The highest BCUT2D eigenvalue weighted by Crippen LogP contribution is 2.28. The van der Waals surface area contributed by atoms with Gasteiger partial charge < -0.3 is 14.8 Å². The molecule has 20 heavy (non-hydrogen) atoms. The first kappa shape index (κ1) is 16.9. The van der Waals surface area contributed by atoms with Crippen LogP contribution in [0.5, 0.6) is 0 Å². The van der Waals surface area contributed by atoms with Crippen molar-refractivity contribution in [1.29, 1.82) is 0 Å². The van der Waals surface area contributed by atoms with Gasteiger partial charge in [0.25, 0.3) is 0 Å². The molecule has 8 heteroatoms. The average molecular weight is 291 g/mol. The van der Waals surface area contributed by atoms with E-state index >= 15 is 0 Å². The molecule has 0 bridgehead atoms. The van der Waals surface area contributed by atoms with E-state index in [4.69, 9.17) is 4.65 Å². The SMILES string of the molecule is CC(C)(O)C(C)(C)OB(O)c1cccnc1C(F)(F)F. The van der Waals surface area contributed by atoms with E-state index in [2.05, 4.69) is 4.98 Å². The number of halogens is 3. The fraction of sp³-hybridized carbons (Fsp3) is 0.583. The molecule has 0 saturated carbocycles. The van der Waals surface area contributed by atoms with Crippen molar-refractivity contribution in [2.45, 2.75) is 45.1 Å². The molecule has 0 aliphatic rings. The molecular weight excluding hydrogens is 274 g/mol. The highest BCUT2D eigenvalue weighted by molar-refractivity contribution is 6.60. The Morgan fingerprint density at radius 3 is 2.20 bits per heavy atom. The quantitative estimate of drug-likeness (QED) is 0.822. The number of rotatable bonds is 4. The Morgan fingerprint density at radius 1 is 1.20 bits per heavy atom. The second kappa shape index (κ2) is 5.35. The van der Waals surface area contributed by atoms with Gasteiger partial charge in [-0.15, -0.1) is 0 Å². The topological polar surface area (TPSA) is 62.6 Å². The van der Waals surface area contributed by atoms with Crippen molar-refractivity contribution in [1.82, 2.24) is 4.98 Å². The van der Waals surface area contributed by atoms with E-state index in [0.717, 1.165) is 12.3 Å². The predicted octanol–water partition coefficient (Wildman–Crippen LogP) is 1.35. The second-order valence-electron chi connectivity index (χ2n) is 5.48. The summed E-state index contributed by atoms with van der Waals surface area (Å²) >= 11 is 0. The van der Waals surface area contributed by atoms with Crippen molar-refractivity contribution >= 4 is 12.6 Å². The minimum Gasteiger partial charge on any atom is -0.423 e. The zero-order valence-electron chi connectivity index (χ0n) is 11.7. The summed E-state index contributed by atoms with van der Waals surface area (Å²) in [6.07, 6.45) is -3.71. The Labute approximate surface area is 115 Å². The molecule has 1 heterocycles. The molecule has 2 N–H and O–H groups in total. The molecule has 1 aromatic rings. The van der Waals surface area contributed by atoms with E-state index in [1.165, 1.54) is 33.8 Å². The van der Waals surface area contributed by atoms with Crippen LogP contribution in [0, 0.1) is 0 Å². The van der Waals surface area contributed by atoms with Gasteiger partial charge in [-0.3, -0.25) is 4.98 Å². The number of aliphatic hydroxyl groups is 1. The number of alkyl halides is 3. The maximum atomic E-state index is 12.8.